The summed E-state index contributed by atoms with van der Waals surface area (Å²) in [5.74, 6) is -0.125. The third-order valence-electron chi connectivity index (χ3n) is 3.69. The van der Waals surface area contributed by atoms with Gasteiger partial charge in [-0.25, -0.2) is 18.5 Å². The van der Waals surface area contributed by atoms with Crippen LogP contribution in [0.1, 0.15) is 13.2 Å². The lowest BCUT2D eigenvalue weighted by Gasteiger charge is -2.28. The van der Waals surface area contributed by atoms with Crippen LogP contribution in [-0.4, -0.2) is 63.8 Å². The molecule has 0 amide bonds. The maximum Gasteiger partial charge on any atom is 0.490 e. The highest BCUT2D eigenvalue weighted by Crippen LogP contribution is 2.66. The Morgan fingerprint density at radius 2 is 1.80 bits per heavy atom. The first-order valence-corrected chi connectivity index (χ1v) is 12.1. The van der Waals surface area contributed by atoms with Crippen LogP contribution in [0.5, 0.6) is 0 Å². The smallest absolute Gasteiger partial charge is 0.387 e. The van der Waals surface area contributed by atoms with E-state index in [-0.39, 0.29) is 5.82 Å². The molecule has 0 spiro atoms. The van der Waals surface area contributed by atoms with Crippen LogP contribution in [0.2, 0.25) is 0 Å². The third kappa shape index (κ3) is 6.24. The summed E-state index contributed by atoms with van der Waals surface area (Å²) < 4.78 is 51.4. The first kappa shape index (κ1) is 25.2. The summed E-state index contributed by atoms with van der Waals surface area (Å²) >= 11 is 0. The second-order valence-corrected chi connectivity index (χ2v) is 10.6. The van der Waals surface area contributed by atoms with Gasteiger partial charge >= 0.3 is 29.2 Å². The van der Waals surface area contributed by atoms with E-state index in [9.17, 15) is 33.6 Å². The van der Waals surface area contributed by atoms with E-state index in [4.69, 9.17) is 25.2 Å². The number of nitrogens with zero attached hydrogens (tertiary/aromatic N) is 2. The number of phosphoric acid groups is 3. The van der Waals surface area contributed by atoms with E-state index in [1.54, 1.807) is 0 Å². The van der Waals surface area contributed by atoms with Gasteiger partial charge in [-0.15, -0.1) is 0 Å². The van der Waals surface area contributed by atoms with E-state index in [2.05, 4.69) is 18.1 Å². The molecule has 0 aliphatic carbocycles. The van der Waals surface area contributed by atoms with Gasteiger partial charge in [0.15, 0.2) is 6.23 Å². The second kappa shape index (κ2) is 8.48. The van der Waals surface area contributed by atoms with Crippen LogP contribution in [-0.2, 0) is 31.6 Å². The normalized spacial score (nSPS) is 31.2. The number of phosphoric ester groups is 1. The monoisotopic (exact) mass is 497 g/mol. The molecule has 30 heavy (non-hydrogen) atoms. The fraction of sp³-hybridized carbons (Fsp3) is 0.600. The topological polar surface area (TPSA) is 270 Å². The lowest BCUT2D eigenvalue weighted by molar-refractivity contribution is -0.115. The third-order valence-corrected chi connectivity index (χ3v) is 7.47. The minimum atomic E-state index is -5.74. The molecule has 1 aliphatic heterocycles. The van der Waals surface area contributed by atoms with Crippen molar-refractivity contribution in [2.24, 2.45) is 0 Å². The minimum Gasteiger partial charge on any atom is -0.387 e. The summed E-state index contributed by atoms with van der Waals surface area (Å²) in [4.78, 5) is 50.9. The molecule has 0 radical (unpaired) electrons. The number of aromatic nitrogens is 2. The number of ether oxygens (including phenoxy) is 1. The molecule has 2 heterocycles. The van der Waals surface area contributed by atoms with Gasteiger partial charge in [0.25, 0.3) is 0 Å². The van der Waals surface area contributed by atoms with Crippen molar-refractivity contribution in [3.05, 3.63) is 22.7 Å². The van der Waals surface area contributed by atoms with Gasteiger partial charge in [0.2, 0.25) is 0 Å². The lowest BCUT2D eigenvalue weighted by Crippen LogP contribution is -2.44. The zero-order valence-corrected chi connectivity index (χ0v) is 17.5. The van der Waals surface area contributed by atoms with Gasteiger partial charge in [0.1, 0.15) is 23.6 Å². The molecular weight excluding hydrogens is 479 g/mol. The van der Waals surface area contributed by atoms with Crippen molar-refractivity contribution in [3.63, 3.8) is 0 Å². The second-order valence-electron chi connectivity index (χ2n) is 6.16. The van der Waals surface area contributed by atoms with E-state index < -0.39 is 59.8 Å². The zero-order chi connectivity index (χ0) is 23.1. The number of hydrogen-bond acceptors (Lipinski definition) is 12. The van der Waals surface area contributed by atoms with Crippen molar-refractivity contribution in [2.45, 2.75) is 31.0 Å². The van der Waals surface area contributed by atoms with Gasteiger partial charge in [0, 0.05) is 6.20 Å². The zero-order valence-electron chi connectivity index (χ0n) is 14.9. The van der Waals surface area contributed by atoms with Crippen LogP contribution >= 0.6 is 23.5 Å². The summed E-state index contributed by atoms with van der Waals surface area (Å²) in [5, 5.41) is 20.4. The predicted octanol–water partition coefficient (Wildman–Crippen LogP) is -1.82. The highest BCUT2D eigenvalue weighted by molar-refractivity contribution is 7.66. The van der Waals surface area contributed by atoms with Crippen molar-refractivity contribution >= 4 is 29.3 Å². The maximum absolute atomic E-state index is 11.9. The van der Waals surface area contributed by atoms with Gasteiger partial charge < -0.3 is 40.3 Å². The maximum atomic E-state index is 11.9. The van der Waals surface area contributed by atoms with Crippen LogP contribution in [0.3, 0.4) is 0 Å². The quantitative estimate of drug-likeness (QED) is 0.195. The predicted molar refractivity (Wildman–Crippen MR) is 93.3 cm³/mol. The van der Waals surface area contributed by atoms with Crippen LogP contribution in [0.15, 0.2) is 17.1 Å². The Labute approximate surface area is 167 Å². The number of nitrogen functional groups attached to an aromatic ring is 1. The molecule has 20 heteroatoms. The molecule has 0 saturated carbocycles. The molecule has 8 N–H and O–H groups in total. The van der Waals surface area contributed by atoms with E-state index in [0.29, 0.717) is 0 Å². The molecule has 1 aromatic rings. The average Bonchev–Trinajstić information content (AvgIpc) is 2.75. The summed E-state index contributed by atoms with van der Waals surface area (Å²) in [6.45, 7) is 0.0455. The van der Waals surface area contributed by atoms with E-state index in [1.165, 1.54) is 6.07 Å². The van der Waals surface area contributed by atoms with Gasteiger partial charge in [0.05, 0.1) is 6.61 Å². The molecule has 6 atom stereocenters. The Balaban J connectivity index is 2.14. The first-order chi connectivity index (χ1) is 13.4. The van der Waals surface area contributed by atoms with Crippen LogP contribution in [0, 0.1) is 0 Å². The molecule has 172 valence electrons. The van der Waals surface area contributed by atoms with E-state index in [1.807, 2.05) is 0 Å². The van der Waals surface area contributed by atoms with Gasteiger partial charge in [-0.3, -0.25) is 9.09 Å². The Hall–Kier alpha value is -1.03. The summed E-state index contributed by atoms with van der Waals surface area (Å²) in [6, 6.07) is 1.20. The minimum absolute atomic E-state index is 0.125. The number of anilines is 1. The number of rotatable bonds is 8. The highest BCUT2D eigenvalue weighted by Gasteiger charge is 2.54. The van der Waals surface area contributed by atoms with Crippen LogP contribution in [0.25, 0.3) is 0 Å². The Bertz CT molecular complexity index is 994. The summed E-state index contributed by atoms with van der Waals surface area (Å²) in [6.07, 6.45) is -3.96. The fourth-order valence-electron chi connectivity index (χ4n) is 2.41. The number of nitrogens with two attached hydrogens (primary N) is 1. The standard InChI is InChI=1S/C10H18N3O14P3/c1-10(4-24-29(20,21)27-30(22,23)26-28(17,18)19)7(15)6(14)8(25-10)13-3-2-5(11)12-9(13)16/h2-3,6-8,14-15H,4H2,1H3,(H,20,21)(H,22,23)(H2,11,12,16)(H2,17,18,19)/t6?,7-,8-,10-/m1/s1. The van der Waals surface area contributed by atoms with Crippen LogP contribution in [0.4, 0.5) is 5.82 Å². The van der Waals surface area contributed by atoms with E-state index >= 15 is 0 Å². The molecule has 1 fully saturated rings. The Morgan fingerprint density at radius 1 is 1.20 bits per heavy atom. The molecule has 2 rings (SSSR count). The lowest BCUT2D eigenvalue weighted by atomic mass is 9.99. The molecular formula is C10H18N3O14P3. The fourth-order valence-corrected chi connectivity index (χ4v) is 5.52. The van der Waals surface area contributed by atoms with Crippen molar-refractivity contribution in [3.8, 4) is 0 Å². The SMILES string of the molecule is C[C@]1(COP(=O)(O)OP(=O)(O)OP(=O)(O)O)O[C@@H](n2ccc(N)nc2=O)C(O)[C@H]1O. The van der Waals surface area contributed by atoms with Crippen molar-refractivity contribution in [1.82, 2.24) is 9.55 Å². The van der Waals surface area contributed by atoms with Crippen LogP contribution < -0.4 is 11.4 Å². The molecule has 0 bridgehead atoms. The van der Waals surface area contributed by atoms with Gasteiger partial charge in [-0.05, 0) is 13.0 Å². The molecule has 1 saturated heterocycles. The van der Waals surface area contributed by atoms with Gasteiger partial charge in [-0.2, -0.15) is 13.6 Å². The summed E-state index contributed by atoms with van der Waals surface area (Å²) in [7, 11) is -16.8. The largest absolute Gasteiger partial charge is 0.490 e. The van der Waals surface area contributed by atoms with Crippen molar-refractivity contribution in [2.75, 3.05) is 12.3 Å². The molecule has 0 aromatic carbocycles. The van der Waals surface area contributed by atoms with Crippen molar-refractivity contribution < 1.29 is 61.4 Å². The van der Waals surface area contributed by atoms with E-state index in [0.717, 1.165) is 17.7 Å². The Morgan fingerprint density at radius 3 is 2.33 bits per heavy atom. The molecule has 3 unspecified atom stereocenters. The number of aliphatic hydroxyl groups is 2. The first-order valence-electron chi connectivity index (χ1n) is 7.62. The highest BCUT2D eigenvalue weighted by atomic mass is 31.3. The molecule has 17 nitrogen and oxygen atoms in total. The molecule has 1 aliphatic rings. The molecule has 1 aromatic heterocycles. The Kier molecular flexibility index (Phi) is 7.14. The summed E-state index contributed by atoms with van der Waals surface area (Å²) in [5.41, 5.74) is 2.45. The van der Waals surface area contributed by atoms with Crippen molar-refractivity contribution in [1.29, 1.82) is 0 Å². The number of hydrogen-bond donors (Lipinski definition) is 7. The van der Waals surface area contributed by atoms with Gasteiger partial charge in [-0.1, -0.05) is 0 Å². The number of aliphatic hydroxyl groups excluding tert-OH is 2. The average molecular weight is 497 g/mol.